The van der Waals surface area contributed by atoms with Gasteiger partial charge in [0.15, 0.2) is 0 Å². The molecule has 0 unspecified atom stereocenters. The summed E-state index contributed by atoms with van der Waals surface area (Å²) in [6.45, 7) is 5.02. The SMILES string of the molecule is CC(C)NCc1ccc(Sc2ccc(Br)cc2)c(C#N)c1. The van der Waals surface area contributed by atoms with Gasteiger partial charge in [-0.05, 0) is 42.0 Å². The number of hydrogen-bond donors (Lipinski definition) is 1. The maximum Gasteiger partial charge on any atom is 0.100 e. The van der Waals surface area contributed by atoms with Gasteiger partial charge in [-0.3, -0.25) is 0 Å². The van der Waals surface area contributed by atoms with Crippen molar-refractivity contribution < 1.29 is 0 Å². The molecule has 2 nitrogen and oxygen atoms in total. The molecule has 2 rings (SSSR count). The van der Waals surface area contributed by atoms with E-state index in [2.05, 4.69) is 47.2 Å². The monoisotopic (exact) mass is 360 g/mol. The fourth-order valence-electron chi connectivity index (χ4n) is 1.82. The minimum Gasteiger partial charge on any atom is -0.310 e. The molecule has 4 heteroatoms. The van der Waals surface area contributed by atoms with E-state index in [0.29, 0.717) is 6.04 Å². The summed E-state index contributed by atoms with van der Waals surface area (Å²) in [7, 11) is 0. The molecule has 0 aliphatic heterocycles. The van der Waals surface area contributed by atoms with E-state index < -0.39 is 0 Å². The van der Waals surface area contributed by atoms with Crippen molar-refractivity contribution in [1.82, 2.24) is 5.32 Å². The van der Waals surface area contributed by atoms with Gasteiger partial charge in [0.2, 0.25) is 0 Å². The third-order valence-corrected chi connectivity index (χ3v) is 4.53. The van der Waals surface area contributed by atoms with Crippen LogP contribution in [0.3, 0.4) is 0 Å². The zero-order chi connectivity index (χ0) is 15.2. The Balaban J connectivity index is 2.16. The molecule has 0 aliphatic carbocycles. The Morgan fingerprint density at radius 2 is 1.90 bits per heavy atom. The number of nitrogens with zero attached hydrogens (tertiary/aromatic N) is 1. The summed E-state index contributed by atoms with van der Waals surface area (Å²) < 4.78 is 1.06. The fourth-order valence-corrected chi connectivity index (χ4v) is 2.96. The van der Waals surface area contributed by atoms with Crippen LogP contribution in [0.4, 0.5) is 0 Å². The first-order valence-electron chi connectivity index (χ1n) is 6.78. The smallest absolute Gasteiger partial charge is 0.100 e. The molecular weight excluding hydrogens is 344 g/mol. The molecule has 0 saturated carbocycles. The Morgan fingerprint density at radius 3 is 2.52 bits per heavy atom. The quantitative estimate of drug-likeness (QED) is 0.817. The molecule has 0 amide bonds. The number of hydrogen-bond acceptors (Lipinski definition) is 3. The molecule has 0 aliphatic rings. The number of benzene rings is 2. The molecule has 2 aromatic rings. The highest BCUT2D eigenvalue weighted by Crippen LogP contribution is 2.31. The van der Waals surface area contributed by atoms with Crippen molar-refractivity contribution in [1.29, 1.82) is 5.26 Å². The topological polar surface area (TPSA) is 35.8 Å². The normalized spacial score (nSPS) is 10.6. The van der Waals surface area contributed by atoms with E-state index in [1.165, 1.54) is 0 Å². The molecule has 0 spiro atoms. The van der Waals surface area contributed by atoms with E-state index in [9.17, 15) is 5.26 Å². The van der Waals surface area contributed by atoms with Crippen LogP contribution in [-0.2, 0) is 6.54 Å². The predicted molar refractivity (Wildman–Crippen MR) is 91.4 cm³/mol. The molecule has 0 fully saturated rings. The first-order chi connectivity index (χ1) is 10.1. The lowest BCUT2D eigenvalue weighted by molar-refractivity contribution is 0.588. The summed E-state index contributed by atoms with van der Waals surface area (Å²) in [5, 5.41) is 12.7. The molecule has 1 N–H and O–H groups in total. The van der Waals surface area contributed by atoms with Crippen LogP contribution in [0.15, 0.2) is 56.7 Å². The maximum absolute atomic E-state index is 9.35. The standard InChI is InChI=1S/C17H17BrN2S/c1-12(2)20-11-13-3-8-17(14(9-13)10-19)21-16-6-4-15(18)5-7-16/h3-9,12,20H,11H2,1-2H3. The van der Waals surface area contributed by atoms with Gasteiger partial charge in [0.1, 0.15) is 6.07 Å². The Bertz CT molecular complexity index is 645. The first kappa shape index (κ1) is 16.1. The van der Waals surface area contributed by atoms with Gasteiger partial charge >= 0.3 is 0 Å². The van der Waals surface area contributed by atoms with Crippen LogP contribution < -0.4 is 5.32 Å². The first-order valence-corrected chi connectivity index (χ1v) is 8.39. The summed E-state index contributed by atoms with van der Waals surface area (Å²) in [5.74, 6) is 0. The van der Waals surface area contributed by atoms with Crippen LogP contribution in [0.25, 0.3) is 0 Å². The molecule has 2 aromatic carbocycles. The second-order valence-corrected chi connectivity index (χ2v) is 7.06. The third-order valence-electron chi connectivity index (χ3n) is 2.92. The van der Waals surface area contributed by atoms with Crippen LogP contribution in [0.2, 0.25) is 0 Å². The lowest BCUT2D eigenvalue weighted by Crippen LogP contribution is -2.21. The van der Waals surface area contributed by atoms with Gasteiger partial charge in [0, 0.05) is 26.9 Å². The Kier molecular flexibility index (Phi) is 5.86. The minimum atomic E-state index is 0.437. The minimum absolute atomic E-state index is 0.437. The van der Waals surface area contributed by atoms with Crippen LogP contribution in [0, 0.1) is 11.3 Å². The van der Waals surface area contributed by atoms with Crippen molar-refractivity contribution in [2.24, 2.45) is 0 Å². The molecule has 0 saturated heterocycles. The van der Waals surface area contributed by atoms with Gasteiger partial charge in [0.05, 0.1) is 5.56 Å². The summed E-state index contributed by atoms with van der Waals surface area (Å²) in [6, 6.07) is 16.9. The van der Waals surface area contributed by atoms with E-state index in [4.69, 9.17) is 0 Å². The van der Waals surface area contributed by atoms with Gasteiger partial charge in [-0.2, -0.15) is 5.26 Å². The van der Waals surface area contributed by atoms with E-state index in [1.807, 2.05) is 36.4 Å². The highest BCUT2D eigenvalue weighted by Gasteiger charge is 2.06. The van der Waals surface area contributed by atoms with Crippen molar-refractivity contribution in [2.75, 3.05) is 0 Å². The third kappa shape index (κ3) is 4.89. The van der Waals surface area contributed by atoms with E-state index in [-0.39, 0.29) is 0 Å². The van der Waals surface area contributed by atoms with Crippen molar-refractivity contribution in [3.8, 4) is 6.07 Å². The number of rotatable bonds is 5. The summed E-state index contributed by atoms with van der Waals surface area (Å²) >= 11 is 5.05. The summed E-state index contributed by atoms with van der Waals surface area (Å²) in [4.78, 5) is 2.12. The van der Waals surface area contributed by atoms with Crippen LogP contribution >= 0.6 is 27.7 Å². The largest absolute Gasteiger partial charge is 0.310 e. The predicted octanol–water partition coefficient (Wildman–Crippen LogP) is 4.97. The Hall–Kier alpha value is -1.28. The van der Waals surface area contributed by atoms with E-state index in [0.717, 1.165) is 31.9 Å². The average Bonchev–Trinajstić information content (AvgIpc) is 2.48. The van der Waals surface area contributed by atoms with Gasteiger partial charge in [-0.1, -0.05) is 47.6 Å². The van der Waals surface area contributed by atoms with Gasteiger partial charge < -0.3 is 5.32 Å². The van der Waals surface area contributed by atoms with Crippen molar-refractivity contribution in [3.63, 3.8) is 0 Å². The maximum atomic E-state index is 9.35. The van der Waals surface area contributed by atoms with Crippen molar-refractivity contribution in [2.45, 2.75) is 36.2 Å². The Morgan fingerprint density at radius 1 is 1.19 bits per heavy atom. The lowest BCUT2D eigenvalue weighted by atomic mass is 10.1. The zero-order valence-electron chi connectivity index (χ0n) is 12.1. The zero-order valence-corrected chi connectivity index (χ0v) is 14.5. The summed E-state index contributed by atoms with van der Waals surface area (Å²) in [5.41, 5.74) is 1.87. The highest BCUT2D eigenvalue weighted by molar-refractivity contribution is 9.10. The number of nitrogens with one attached hydrogen (secondary N) is 1. The molecule has 0 bridgehead atoms. The molecule has 0 aromatic heterocycles. The van der Waals surface area contributed by atoms with Crippen LogP contribution in [0.5, 0.6) is 0 Å². The number of halogens is 1. The second kappa shape index (κ2) is 7.65. The van der Waals surface area contributed by atoms with Crippen LogP contribution in [0.1, 0.15) is 25.0 Å². The molecule has 0 atom stereocenters. The molecular formula is C17H17BrN2S. The lowest BCUT2D eigenvalue weighted by Gasteiger charge is -2.10. The molecule has 0 heterocycles. The number of nitriles is 1. The molecule has 108 valence electrons. The van der Waals surface area contributed by atoms with Gasteiger partial charge in [0.25, 0.3) is 0 Å². The van der Waals surface area contributed by atoms with Gasteiger partial charge in [-0.25, -0.2) is 0 Å². The molecule has 0 radical (unpaired) electrons. The van der Waals surface area contributed by atoms with Gasteiger partial charge in [-0.15, -0.1) is 0 Å². The fraction of sp³-hybridized carbons (Fsp3) is 0.235. The van der Waals surface area contributed by atoms with Crippen molar-refractivity contribution >= 4 is 27.7 Å². The van der Waals surface area contributed by atoms with E-state index in [1.54, 1.807) is 11.8 Å². The molecule has 21 heavy (non-hydrogen) atoms. The van der Waals surface area contributed by atoms with Crippen LogP contribution in [-0.4, -0.2) is 6.04 Å². The average molecular weight is 361 g/mol. The second-order valence-electron chi connectivity index (χ2n) is 5.03. The van der Waals surface area contributed by atoms with Crippen molar-refractivity contribution in [3.05, 3.63) is 58.1 Å². The Labute approximate surface area is 138 Å². The van der Waals surface area contributed by atoms with E-state index >= 15 is 0 Å². The highest BCUT2D eigenvalue weighted by atomic mass is 79.9. The summed E-state index contributed by atoms with van der Waals surface area (Å²) in [6.07, 6.45) is 0.